The highest BCUT2D eigenvalue weighted by molar-refractivity contribution is 7.99. The van der Waals surface area contributed by atoms with Gasteiger partial charge in [0, 0.05) is 18.2 Å². The quantitative estimate of drug-likeness (QED) is 0.487. The summed E-state index contributed by atoms with van der Waals surface area (Å²) in [5.74, 6) is -1.79. The second-order valence-electron chi connectivity index (χ2n) is 3.80. The van der Waals surface area contributed by atoms with E-state index in [1.54, 1.807) is 11.8 Å². The van der Waals surface area contributed by atoms with Crippen molar-refractivity contribution in [3.63, 3.8) is 0 Å². The van der Waals surface area contributed by atoms with Gasteiger partial charge in [0.05, 0.1) is 0 Å². The first-order valence-corrected chi connectivity index (χ1v) is 6.73. The van der Waals surface area contributed by atoms with Gasteiger partial charge in [-0.1, -0.05) is 6.92 Å². The lowest BCUT2D eigenvalue weighted by Crippen LogP contribution is -2.47. The molecule has 0 aliphatic carbocycles. The van der Waals surface area contributed by atoms with Gasteiger partial charge < -0.3 is 21.5 Å². The summed E-state index contributed by atoms with van der Waals surface area (Å²) in [6.45, 7) is 2.38. The second kappa shape index (κ2) is 8.62. The smallest absolute Gasteiger partial charge is 0.326 e. The topological polar surface area (TPSA) is 122 Å². The Balaban J connectivity index is 4.11. The summed E-state index contributed by atoms with van der Waals surface area (Å²) < 4.78 is 0. The van der Waals surface area contributed by atoms with Gasteiger partial charge in [-0.15, -0.1) is 0 Å². The maximum atomic E-state index is 11.4. The number of amides is 3. The van der Waals surface area contributed by atoms with Crippen LogP contribution in [0.5, 0.6) is 0 Å². The van der Waals surface area contributed by atoms with E-state index >= 15 is 0 Å². The van der Waals surface area contributed by atoms with Gasteiger partial charge in [0.25, 0.3) is 0 Å². The van der Waals surface area contributed by atoms with E-state index in [1.165, 1.54) is 0 Å². The van der Waals surface area contributed by atoms with Gasteiger partial charge >= 0.3 is 12.0 Å². The fourth-order valence-corrected chi connectivity index (χ4v) is 1.32. The number of carboxylic acids is 1. The summed E-state index contributed by atoms with van der Waals surface area (Å²) >= 11 is 1.59. The number of urea groups is 1. The normalized spacial score (nSPS) is 13.4. The Morgan fingerprint density at radius 3 is 2.44 bits per heavy atom. The maximum Gasteiger partial charge on any atom is 0.326 e. The van der Waals surface area contributed by atoms with Crippen LogP contribution >= 0.6 is 11.8 Å². The van der Waals surface area contributed by atoms with Gasteiger partial charge in [-0.3, -0.25) is 4.79 Å². The Morgan fingerprint density at radius 1 is 1.39 bits per heavy atom. The molecule has 1 unspecified atom stereocenters. The van der Waals surface area contributed by atoms with Crippen LogP contribution < -0.4 is 16.4 Å². The van der Waals surface area contributed by atoms with Crippen molar-refractivity contribution in [3.05, 3.63) is 0 Å². The number of rotatable bonds is 8. The first kappa shape index (κ1) is 16.6. The van der Waals surface area contributed by atoms with E-state index < -0.39 is 23.9 Å². The predicted molar refractivity (Wildman–Crippen MR) is 69.4 cm³/mol. The Hall–Kier alpha value is -1.44. The van der Waals surface area contributed by atoms with Crippen molar-refractivity contribution in [1.29, 1.82) is 0 Å². The van der Waals surface area contributed by atoms with Crippen LogP contribution in [0.25, 0.3) is 0 Å². The minimum absolute atomic E-state index is 0.0177. The highest BCUT2D eigenvalue weighted by atomic mass is 32.2. The molecule has 0 aromatic rings. The van der Waals surface area contributed by atoms with Gasteiger partial charge in [0.2, 0.25) is 5.91 Å². The number of carboxylic acid groups (broad SMARTS) is 1. The summed E-state index contributed by atoms with van der Waals surface area (Å²) in [5, 5.41) is 13.9. The molecular formula is C10H19N3O4S. The molecule has 0 aliphatic heterocycles. The number of primary amides is 1. The minimum Gasteiger partial charge on any atom is -0.480 e. The van der Waals surface area contributed by atoms with Crippen molar-refractivity contribution in [2.24, 2.45) is 5.73 Å². The molecule has 0 aromatic carbocycles. The number of nitrogens with one attached hydrogen (secondary N) is 2. The van der Waals surface area contributed by atoms with Crippen LogP contribution in [-0.4, -0.2) is 47.1 Å². The van der Waals surface area contributed by atoms with Crippen molar-refractivity contribution in [3.8, 4) is 0 Å². The minimum atomic E-state index is -1.19. The molecule has 8 heteroatoms. The van der Waals surface area contributed by atoms with E-state index in [1.807, 2.05) is 13.2 Å². The molecule has 0 spiro atoms. The number of hydrogen-bond donors (Lipinski definition) is 4. The molecule has 0 saturated carbocycles. The molecule has 0 heterocycles. The highest BCUT2D eigenvalue weighted by Crippen LogP contribution is 2.02. The molecule has 104 valence electrons. The van der Waals surface area contributed by atoms with Crippen LogP contribution in [0.4, 0.5) is 4.79 Å². The van der Waals surface area contributed by atoms with Gasteiger partial charge in [-0.25, -0.2) is 9.59 Å². The molecule has 0 radical (unpaired) electrons. The lowest BCUT2D eigenvalue weighted by molar-refractivity contribution is -0.139. The first-order valence-electron chi connectivity index (χ1n) is 5.45. The molecule has 0 bridgehead atoms. The van der Waals surface area contributed by atoms with Gasteiger partial charge in [0.1, 0.15) is 6.04 Å². The Morgan fingerprint density at radius 2 is 2.00 bits per heavy atom. The Bertz CT molecular complexity index is 311. The van der Waals surface area contributed by atoms with Crippen molar-refractivity contribution < 1.29 is 19.5 Å². The summed E-state index contributed by atoms with van der Waals surface area (Å²) in [7, 11) is 0. The van der Waals surface area contributed by atoms with Crippen molar-refractivity contribution >= 4 is 29.7 Å². The molecule has 3 amide bonds. The van der Waals surface area contributed by atoms with Crippen LogP contribution in [0.15, 0.2) is 0 Å². The lowest BCUT2D eigenvalue weighted by Gasteiger charge is -2.15. The zero-order chi connectivity index (χ0) is 14.1. The number of carbonyl (C=O) groups excluding carboxylic acids is 2. The molecule has 0 rings (SSSR count). The molecular weight excluding hydrogens is 258 g/mol. The summed E-state index contributed by atoms with van der Waals surface area (Å²) in [5.41, 5.74) is 4.93. The van der Waals surface area contributed by atoms with E-state index in [4.69, 9.17) is 10.8 Å². The van der Waals surface area contributed by atoms with E-state index in [0.29, 0.717) is 6.54 Å². The highest BCUT2D eigenvalue weighted by Gasteiger charge is 2.20. The number of thioether (sulfide) groups is 1. The Kier molecular flexibility index (Phi) is 7.93. The van der Waals surface area contributed by atoms with Crippen molar-refractivity contribution in [1.82, 2.24) is 10.6 Å². The number of carbonyl (C=O) groups is 3. The zero-order valence-electron chi connectivity index (χ0n) is 10.4. The fraction of sp³-hybridized carbons (Fsp3) is 0.700. The molecule has 0 aliphatic rings. The maximum absolute atomic E-state index is 11.4. The van der Waals surface area contributed by atoms with Crippen molar-refractivity contribution in [2.75, 3.05) is 12.8 Å². The average molecular weight is 277 g/mol. The third-order valence-electron chi connectivity index (χ3n) is 2.24. The van der Waals surface area contributed by atoms with Gasteiger partial charge in [-0.05, 0) is 12.7 Å². The molecule has 7 nitrogen and oxygen atoms in total. The van der Waals surface area contributed by atoms with Gasteiger partial charge in [0.15, 0.2) is 0 Å². The third-order valence-corrected chi connectivity index (χ3v) is 3.21. The molecule has 18 heavy (non-hydrogen) atoms. The second-order valence-corrected chi connectivity index (χ2v) is 5.07. The average Bonchev–Trinajstić information content (AvgIpc) is 2.30. The third kappa shape index (κ3) is 7.77. The van der Waals surface area contributed by atoms with E-state index in [0.717, 1.165) is 0 Å². The Labute approximate surface area is 110 Å². The van der Waals surface area contributed by atoms with Crippen LogP contribution in [0.3, 0.4) is 0 Å². The van der Waals surface area contributed by atoms with E-state index in [-0.39, 0.29) is 18.1 Å². The molecule has 0 aromatic heterocycles. The molecule has 0 fully saturated rings. The van der Waals surface area contributed by atoms with Crippen LogP contribution in [0, 0.1) is 0 Å². The molecule has 5 N–H and O–H groups in total. The standard InChI is InChI=1S/C10H19N3O4S/c1-6(18-2)5-12-10(17)13-7(9(15)16)3-4-8(11)14/h6-7H,3-5H2,1-2H3,(H2,11,14)(H,15,16)(H2,12,13,17)/t6?,7-/m1/s1. The summed E-state index contributed by atoms with van der Waals surface area (Å²) in [6.07, 6.45) is 1.81. The number of aliphatic carboxylic acids is 1. The lowest BCUT2D eigenvalue weighted by atomic mass is 10.1. The number of nitrogens with two attached hydrogens (primary N) is 1. The van der Waals surface area contributed by atoms with Gasteiger partial charge in [-0.2, -0.15) is 11.8 Å². The van der Waals surface area contributed by atoms with E-state index in [2.05, 4.69) is 10.6 Å². The monoisotopic (exact) mass is 277 g/mol. The van der Waals surface area contributed by atoms with Crippen LogP contribution in [0.1, 0.15) is 19.8 Å². The SMILES string of the molecule is CSC(C)CNC(=O)N[C@H](CCC(N)=O)C(=O)O. The number of hydrogen-bond acceptors (Lipinski definition) is 4. The van der Waals surface area contributed by atoms with Crippen LogP contribution in [0.2, 0.25) is 0 Å². The van der Waals surface area contributed by atoms with Crippen molar-refractivity contribution in [2.45, 2.75) is 31.1 Å². The predicted octanol–water partition coefficient (Wildman–Crippen LogP) is -0.244. The van der Waals surface area contributed by atoms with E-state index in [9.17, 15) is 14.4 Å². The largest absolute Gasteiger partial charge is 0.480 e. The molecule has 0 saturated heterocycles. The zero-order valence-corrected chi connectivity index (χ0v) is 11.3. The fourth-order valence-electron chi connectivity index (χ4n) is 1.07. The summed E-state index contributed by atoms with van der Waals surface area (Å²) in [4.78, 5) is 32.8. The first-order chi connectivity index (χ1) is 8.36. The van der Waals surface area contributed by atoms with Crippen LogP contribution in [-0.2, 0) is 9.59 Å². The summed E-state index contributed by atoms with van der Waals surface area (Å²) in [6, 6.07) is -1.67. The molecule has 2 atom stereocenters.